The van der Waals surface area contributed by atoms with E-state index >= 15 is 0 Å². The van der Waals surface area contributed by atoms with Crippen LogP contribution < -0.4 is 0 Å². The zero-order chi connectivity index (χ0) is 14.9. The second-order valence-corrected chi connectivity index (χ2v) is 5.09. The molecular formula is C19H12N2O. The van der Waals surface area contributed by atoms with Crippen LogP contribution in [0, 0.1) is 0 Å². The molecule has 2 aromatic carbocycles. The summed E-state index contributed by atoms with van der Waals surface area (Å²) in [6.07, 6.45) is 3.35. The number of rotatable bonds is 1. The lowest BCUT2D eigenvalue weighted by atomic mass is 9.83. The highest BCUT2D eigenvalue weighted by atomic mass is 16.1. The van der Waals surface area contributed by atoms with Gasteiger partial charge in [0.15, 0.2) is 0 Å². The van der Waals surface area contributed by atoms with E-state index in [-0.39, 0.29) is 5.78 Å². The molecule has 0 saturated carbocycles. The molecule has 0 N–H and O–H groups in total. The van der Waals surface area contributed by atoms with E-state index in [9.17, 15) is 4.79 Å². The van der Waals surface area contributed by atoms with Crippen LogP contribution in [0.15, 0.2) is 78.0 Å². The third-order valence-electron chi connectivity index (χ3n) is 3.75. The van der Waals surface area contributed by atoms with Gasteiger partial charge in [-0.2, -0.15) is 0 Å². The molecule has 3 heteroatoms. The summed E-state index contributed by atoms with van der Waals surface area (Å²) in [5.41, 5.74) is 4.73. The summed E-state index contributed by atoms with van der Waals surface area (Å²) in [5, 5.41) is 0. The molecule has 0 spiro atoms. The van der Waals surface area contributed by atoms with Gasteiger partial charge in [-0.05, 0) is 23.3 Å². The maximum Gasteiger partial charge on any atom is 0.212 e. The Morgan fingerprint density at radius 2 is 1.36 bits per heavy atom. The van der Waals surface area contributed by atoms with E-state index in [0.29, 0.717) is 17.0 Å². The number of aliphatic imine (C=N–C) groups is 1. The van der Waals surface area contributed by atoms with Crippen LogP contribution in [0.3, 0.4) is 0 Å². The Morgan fingerprint density at radius 1 is 0.727 bits per heavy atom. The van der Waals surface area contributed by atoms with Crippen molar-refractivity contribution in [1.82, 2.24) is 4.98 Å². The molecule has 0 bridgehead atoms. The van der Waals surface area contributed by atoms with Crippen molar-refractivity contribution in [2.24, 2.45) is 4.99 Å². The van der Waals surface area contributed by atoms with E-state index in [2.05, 4.69) is 9.98 Å². The van der Waals surface area contributed by atoms with E-state index in [0.717, 1.165) is 16.7 Å². The van der Waals surface area contributed by atoms with Gasteiger partial charge >= 0.3 is 0 Å². The van der Waals surface area contributed by atoms with Crippen molar-refractivity contribution in [1.29, 1.82) is 0 Å². The normalized spacial score (nSPS) is 14.5. The molecule has 0 saturated heterocycles. The Bertz CT molecular complexity index is 898. The van der Waals surface area contributed by atoms with Crippen molar-refractivity contribution in [2.45, 2.75) is 0 Å². The minimum Gasteiger partial charge on any atom is -0.287 e. The zero-order valence-corrected chi connectivity index (χ0v) is 11.7. The molecule has 1 aliphatic rings. The molecule has 3 aromatic rings. The molecule has 22 heavy (non-hydrogen) atoms. The first kappa shape index (κ1) is 12.7. The molecule has 0 amide bonds. The minimum absolute atomic E-state index is 0.0434. The van der Waals surface area contributed by atoms with E-state index in [1.807, 2.05) is 60.7 Å². The first-order chi connectivity index (χ1) is 10.8. The minimum atomic E-state index is -0.0434. The summed E-state index contributed by atoms with van der Waals surface area (Å²) in [4.78, 5) is 21.4. The second kappa shape index (κ2) is 5.04. The molecule has 1 aromatic heterocycles. The van der Waals surface area contributed by atoms with Crippen LogP contribution in [-0.4, -0.2) is 16.5 Å². The number of Topliss-reactive ketones (excluding diaryl/α,β-unsaturated/α-hetero) is 1. The quantitative estimate of drug-likeness (QED) is 0.676. The van der Waals surface area contributed by atoms with Crippen molar-refractivity contribution in [3.05, 3.63) is 84.2 Å². The lowest BCUT2D eigenvalue weighted by molar-refractivity contribution is 0.106. The molecular weight excluding hydrogens is 272 g/mol. The monoisotopic (exact) mass is 284 g/mol. The fourth-order valence-electron chi connectivity index (χ4n) is 2.75. The Morgan fingerprint density at radius 3 is 2.05 bits per heavy atom. The Balaban J connectivity index is 1.99. The molecule has 0 unspecified atom stereocenters. The lowest BCUT2D eigenvalue weighted by Crippen LogP contribution is -2.22. The highest BCUT2D eigenvalue weighted by molar-refractivity contribution is 6.55. The van der Waals surface area contributed by atoms with Gasteiger partial charge in [0, 0.05) is 17.3 Å². The number of carbonyl (C=O) groups is 1. The molecule has 1 aliphatic carbocycles. The largest absolute Gasteiger partial charge is 0.287 e. The maximum atomic E-state index is 12.8. The molecule has 0 atom stereocenters. The summed E-state index contributed by atoms with van der Waals surface area (Å²) in [5.74, 6) is -0.0434. The first-order valence-electron chi connectivity index (χ1n) is 7.07. The van der Waals surface area contributed by atoms with Crippen molar-refractivity contribution in [3.8, 4) is 11.1 Å². The van der Waals surface area contributed by atoms with Gasteiger partial charge in [-0.3, -0.25) is 9.78 Å². The molecule has 3 nitrogen and oxygen atoms in total. The highest BCUT2D eigenvalue weighted by Crippen LogP contribution is 2.34. The Kier molecular flexibility index (Phi) is 2.90. The number of ketones is 1. The molecule has 0 radical (unpaired) electrons. The maximum absolute atomic E-state index is 12.8. The van der Waals surface area contributed by atoms with E-state index in [1.165, 1.54) is 0 Å². The lowest BCUT2D eigenvalue weighted by Gasteiger charge is -2.20. The highest BCUT2D eigenvalue weighted by Gasteiger charge is 2.27. The number of nitrogens with zero attached hydrogens (tertiary/aromatic N) is 2. The van der Waals surface area contributed by atoms with Crippen molar-refractivity contribution < 1.29 is 4.79 Å². The fourth-order valence-corrected chi connectivity index (χ4v) is 2.75. The predicted octanol–water partition coefficient (Wildman–Crippen LogP) is 4.07. The van der Waals surface area contributed by atoms with Gasteiger partial charge in [0.25, 0.3) is 0 Å². The smallest absolute Gasteiger partial charge is 0.212 e. The molecule has 1 heterocycles. The van der Waals surface area contributed by atoms with Gasteiger partial charge in [0.2, 0.25) is 5.78 Å². The summed E-state index contributed by atoms with van der Waals surface area (Å²) in [7, 11) is 0. The van der Waals surface area contributed by atoms with Crippen LogP contribution in [0.1, 0.15) is 15.9 Å². The van der Waals surface area contributed by atoms with E-state index in [4.69, 9.17) is 0 Å². The van der Waals surface area contributed by atoms with Crippen molar-refractivity contribution in [3.63, 3.8) is 0 Å². The van der Waals surface area contributed by atoms with Crippen LogP contribution in [-0.2, 0) is 0 Å². The van der Waals surface area contributed by atoms with Crippen molar-refractivity contribution in [2.75, 3.05) is 0 Å². The van der Waals surface area contributed by atoms with E-state index in [1.54, 1.807) is 12.4 Å². The fraction of sp³-hybridized carbons (Fsp3) is 0. The van der Waals surface area contributed by atoms with Crippen LogP contribution >= 0.6 is 0 Å². The Hall–Kier alpha value is -3.07. The average Bonchev–Trinajstić information content (AvgIpc) is 2.59. The summed E-state index contributed by atoms with van der Waals surface area (Å²) in [6.45, 7) is 0. The first-order valence-corrected chi connectivity index (χ1v) is 7.07. The predicted molar refractivity (Wildman–Crippen MR) is 86.6 cm³/mol. The Labute approximate surface area is 128 Å². The van der Waals surface area contributed by atoms with Crippen LogP contribution in [0.4, 0.5) is 5.69 Å². The number of carbonyl (C=O) groups excluding carboxylic acids is 1. The molecule has 104 valence electrons. The number of fused-ring (bicyclic) bond motifs is 3. The van der Waals surface area contributed by atoms with Gasteiger partial charge in [0.1, 0.15) is 5.71 Å². The van der Waals surface area contributed by atoms with Crippen molar-refractivity contribution >= 4 is 17.2 Å². The number of benzene rings is 2. The van der Waals surface area contributed by atoms with Gasteiger partial charge in [-0.15, -0.1) is 0 Å². The third-order valence-corrected chi connectivity index (χ3v) is 3.75. The van der Waals surface area contributed by atoms with Crippen LogP contribution in [0.2, 0.25) is 0 Å². The van der Waals surface area contributed by atoms with Crippen LogP contribution in [0.25, 0.3) is 11.1 Å². The average molecular weight is 284 g/mol. The molecule has 0 fully saturated rings. The zero-order valence-electron chi connectivity index (χ0n) is 11.7. The number of aromatic nitrogens is 1. The number of hydrogen-bond donors (Lipinski definition) is 0. The van der Waals surface area contributed by atoms with Gasteiger partial charge < -0.3 is 0 Å². The van der Waals surface area contributed by atoms with Gasteiger partial charge in [0.05, 0.1) is 11.9 Å². The van der Waals surface area contributed by atoms with Gasteiger partial charge in [-0.25, -0.2) is 4.99 Å². The molecule has 0 aliphatic heterocycles. The number of hydrogen-bond acceptors (Lipinski definition) is 3. The number of pyridine rings is 1. The van der Waals surface area contributed by atoms with Gasteiger partial charge in [-0.1, -0.05) is 48.5 Å². The summed E-state index contributed by atoms with van der Waals surface area (Å²) >= 11 is 0. The SMILES string of the molecule is O=C1C(=Nc2cccnc2)c2ccccc2-c2ccccc21. The summed E-state index contributed by atoms with van der Waals surface area (Å²) in [6, 6.07) is 19.2. The molecule has 4 rings (SSSR count). The van der Waals surface area contributed by atoms with E-state index < -0.39 is 0 Å². The van der Waals surface area contributed by atoms with Crippen LogP contribution in [0.5, 0.6) is 0 Å². The topological polar surface area (TPSA) is 42.3 Å². The third kappa shape index (κ3) is 1.95. The second-order valence-electron chi connectivity index (χ2n) is 5.09. The summed E-state index contributed by atoms with van der Waals surface area (Å²) < 4.78 is 0. The standard InChI is InChI=1S/C19H12N2O/c22-19-17-10-4-2-8-15(17)14-7-1-3-9-16(14)18(19)21-13-6-5-11-20-12-13/h1-12H.